The molecule has 0 amide bonds. The lowest BCUT2D eigenvalue weighted by Gasteiger charge is -2.14. The molecular weight excluding hydrogens is 264 g/mol. The van der Waals surface area contributed by atoms with Gasteiger partial charge >= 0.3 is 0 Å². The normalized spacial score (nSPS) is 11.0. The zero-order valence-corrected chi connectivity index (χ0v) is 15.4. The third-order valence-corrected chi connectivity index (χ3v) is 4.82. The van der Waals surface area contributed by atoms with Crippen LogP contribution in [0.3, 0.4) is 0 Å². The Morgan fingerprint density at radius 1 is 0.591 bits per heavy atom. The van der Waals surface area contributed by atoms with E-state index in [4.69, 9.17) is 0 Å². The molecule has 0 spiro atoms. The van der Waals surface area contributed by atoms with Crippen LogP contribution in [0.4, 0.5) is 0 Å². The van der Waals surface area contributed by atoms with Crippen molar-refractivity contribution in [3.63, 3.8) is 0 Å². The summed E-state index contributed by atoms with van der Waals surface area (Å²) >= 11 is 0. The van der Waals surface area contributed by atoms with Crippen molar-refractivity contribution in [1.82, 2.24) is 0 Å². The van der Waals surface area contributed by atoms with Crippen molar-refractivity contribution in [2.45, 2.75) is 104 Å². The average Bonchev–Trinajstić information content (AvgIpc) is 2.54. The van der Waals surface area contributed by atoms with Gasteiger partial charge in [-0.25, -0.2) is 0 Å². The highest BCUT2D eigenvalue weighted by atomic mass is 14.1. The van der Waals surface area contributed by atoms with Crippen LogP contribution in [0.25, 0.3) is 0 Å². The van der Waals surface area contributed by atoms with E-state index in [0.29, 0.717) is 0 Å². The summed E-state index contributed by atoms with van der Waals surface area (Å²) in [7, 11) is 0. The Morgan fingerprint density at radius 2 is 1.05 bits per heavy atom. The van der Waals surface area contributed by atoms with Gasteiger partial charge in [-0.3, -0.25) is 0 Å². The first-order chi connectivity index (χ1) is 10.8. The molecule has 0 aromatic heterocycles. The number of rotatable bonds is 13. The van der Waals surface area contributed by atoms with Crippen LogP contribution < -0.4 is 0 Å². The minimum Gasteiger partial charge on any atom is -0.0654 e. The Kier molecular flexibility index (Phi) is 11.2. The summed E-state index contributed by atoms with van der Waals surface area (Å²) in [5.41, 5.74) is 4.92. The molecule has 0 saturated heterocycles. The molecule has 0 aliphatic rings. The van der Waals surface area contributed by atoms with Gasteiger partial charge in [0.05, 0.1) is 0 Å². The van der Waals surface area contributed by atoms with Gasteiger partial charge in [0, 0.05) is 0 Å². The fourth-order valence-electron chi connectivity index (χ4n) is 3.45. The van der Waals surface area contributed by atoms with Crippen molar-refractivity contribution in [2.24, 2.45) is 0 Å². The van der Waals surface area contributed by atoms with Crippen LogP contribution in [0.15, 0.2) is 18.2 Å². The standard InChI is InChI=1S/C22H38/c1-4-7-9-11-13-16-20-18-15-19-21(22(20)6-3)17-14-12-10-8-5-2/h15,18-19H,4-14,16-17H2,1-3H3. The molecule has 1 aromatic rings. The maximum Gasteiger partial charge on any atom is -0.0276 e. The van der Waals surface area contributed by atoms with Crippen molar-refractivity contribution in [2.75, 3.05) is 0 Å². The quantitative estimate of drug-likeness (QED) is 0.336. The molecular formula is C22H38. The number of aryl methyl sites for hydroxylation is 2. The van der Waals surface area contributed by atoms with Crippen LogP contribution in [0.2, 0.25) is 0 Å². The van der Waals surface area contributed by atoms with Crippen LogP contribution in [0.5, 0.6) is 0 Å². The third-order valence-electron chi connectivity index (χ3n) is 4.82. The van der Waals surface area contributed by atoms with Gasteiger partial charge in [0.1, 0.15) is 0 Å². The molecule has 126 valence electrons. The van der Waals surface area contributed by atoms with E-state index in [1.54, 1.807) is 16.7 Å². The smallest absolute Gasteiger partial charge is 0.0276 e. The molecule has 0 nitrogen and oxygen atoms in total. The molecule has 1 rings (SSSR count). The summed E-state index contributed by atoms with van der Waals surface area (Å²) < 4.78 is 0. The highest BCUT2D eigenvalue weighted by molar-refractivity contribution is 5.35. The largest absolute Gasteiger partial charge is 0.0654 e. The first-order valence-electron chi connectivity index (χ1n) is 9.93. The van der Waals surface area contributed by atoms with Gasteiger partial charge < -0.3 is 0 Å². The zero-order chi connectivity index (χ0) is 16.0. The number of unbranched alkanes of at least 4 members (excludes halogenated alkanes) is 8. The number of hydrogen-bond acceptors (Lipinski definition) is 0. The Hall–Kier alpha value is -0.780. The van der Waals surface area contributed by atoms with E-state index in [0.717, 1.165) is 0 Å². The molecule has 0 unspecified atom stereocenters. The van der Waals surface area contributed by atoms with Crippen molar-refractivity contribution in [1.29, 1.82) is 0 Å². The van der Waals surface area contributed by atoms with Crippen LogP contribution in [0.1, 0.15) is 102 Å². The van der Waals surface area contributed by atoms with Crippen LogP contribution in [0, 0.1) is 0 Å². The summed E-state index contributed by atoms with van der Waals surface area (Å²) in [6, 6.07) is 7.04. The Labute approximate surface area is 139 Å². The van der Waals surface area contributed by atoms with E-state index < -0.39 is 0 Å². The molecule has 22 heavy (non-hydrogen) atoms. The van der Waals surface area contributed by atoms with Gasteiger partial charge in [0.15, 0.2) is 0 Å². The van der Waals surface area contributed by atoms with Crippen molar-refractivity contribution in [3.8, 4) is 0 Å². The van der Waals surface area contributed by atoms with E-state index in [2.05, 4.69) is 39.0 Å². The lowest BCUT2D eigenvalue weighted by Crippen LogP contribution is -2.00. The Balaban J connectivity index is 2.46. The minimum atomic E-state index is 1.20. The molecule has 0 atom stereocenters. The lowest BCUT2D eigenvalue weighted by atomic mass is 9.92. The predicted octanol–water partition coefficient (Wildman–Crippen LogP) is 7.27. The van der Waals surface area contributed by atoms with E-state index in [-0.39, 0.29) is 0 Å². The fraction of sp³-hybridized carbons (Fsp3) is 0.727. The highest BCUT2D eigenvalue weighted by Crippen LogP contribution is 2.21. The molecule has 0 bridgehead atoms. The molecule has 0 N–H and O–H groups in total. The maximum absolute atomic E-state index is 2.37. The molecule has 0 saturated carbocycles. The second kappa shape index (κ2) is 12.7. The summed E-state index contributed by atoms with van der Waals surface area (Å²) in [5, 5.41) is 0. The lowest BCUT2D eigenvalue weighted by molar-refractivity contribution is 0.625. The minimum absolute atomic E-state index is 1.20. The van der Waals surface area contributed by atoms with Gasteiger partial charge in [0.2, 0.25) is 0 Å². The van der Waals surface area contributed by atoms with Gasteiger partial charge in [-0.15, -0.1) is 0 Å². The molecule has 0 radical (unpaired) electrons. The van der Waals surface area contributed by atoms with Crippen LogP contribution >= 0.6 is 0 Å². The molecule has 0 aliphatic heterocycles. The van der Waals surface area contributed by atoms with Gasteiger partial charge in [-0.1, -0.05) is 90.3 Å². The van der Waals surface area contributed by atoms with Gasteiger partial charge in [-0.2, -0.15) is 0 Å². The number of benzene rings is 1. The van der Waals surface area contributed by atoms with Crippen LogP contribution in [-0.2, 0) is 19.3 Å². The predicted molar refractivity (Wildman–Crippen MR) is 101 cm³/mol. The molecule has 0 heterocycles. The van der Waals surface area contributed by atoms with Gasteiger partial charge in [0.25, 0.3) is 0 Å². The monoisotopic (exact) mass is 302 g/mol. The maximum atomic E-state index is 2.37. The zero-order valence-electron chi connectivity index (χ0n) is 15.4. The Morgan fingerprint density at radius 3 is 1.45 bits per heavy atom. The third kappa shape index (κ3) is 7.47. The molecule has 0 heteroatoms. The fourth-order valence-corrected chi connectivity index (χ4v) is 3.45. The summed E-state index contributed by atoms with van der Waals surface area (Å²) in [5.74, 6) is 0. The highest BCUT2D eigenvalue weighted by Gasteiger charge is 2.06. The van der Waals surface area contributed by atoms with Crippen molar-refractivity contribution in [3.05, 3.63) is 34.9 Å². The van der Waals surface area contributed by atoms with Gasteiger partial charge in [-0.05, 0) is 48.8 Å². The first-order valence-corrected chi connectivity index (χ1v) is 9.93. The SMILES string of the molecule is CCCCCCCc1cccc(CCCCCCC)c1CC. The first kappa shape index (κ1) is 19.3. The number of hydrogen-bond donors (Lipinski definition) is 0. The van der Waals surface area contributed by atoms with E-state index >= 15 is 0 Å². The van der Waals surface area contributed by atoms with Crippen molar-refractivity contribution >= 4 is 0 Å². The summed E-state index contributed by atoms with van der Waals surface area (Å²) in [6.45, 7) is 6.91. The molecule has 0 fully saturated rings. The topological polar surface area (TPSA) is 0 Å². The summed E-state index contributed by atoms with van der Waals surface area (Å²) in [6.07, 6.45) is 17.6. The summed E-state index contributed by atoms with van der Waals surface area (Å²) in [4.78, 5) is 0. The second-order valence-corrected chi connectivity index (χ2v) is 6.74. The Bertz CT molecular complexity index is 345. The second-order valence-electron chi connectivity index (χ2n) is 6.74. The van der Waals surface area contributed by atoms with E-state index in [1.807, 2.05) is 0 Å². The van der Waals surface area contributed by atoms with Crippen LogP contribution in [-0.4, -0.2) is 0 Å². The van der Waals surface area contributed by atoms with E-state index in [1.165, 1.54) is 83.5 Å². The molecule has 0 aliphatic carbocycles. The molecule has 1 aromatic carbocycles. The van der Waals surface area contributed by atoms with E-state index in [9.17, 15) is 0 Å². The average molecular weight is 303 g/mol. The van der Waals surface area contributed by atoms with Crippen molar-refractivity contribution < 1.29 is 0 Å².